The molecule has 2 aromatic carbocycles. The summed E-state index contributed by atoms with van der Waals surface area (Å²) in [4.78, 5) is 29.0. The van der Waals surface area contributed by atoms with Gasteiger partial charge in [-0.2, -0.15) is 0 Å². The Kier molecular flexibility index (Phi) is 8.06. The summed E-state index contributed by atoms with van der Waals surface area (Å²) in [5.41, 5.74) is 1.18. The fraction of sp³-hybridized carbons (Fsp3) is 0.385. The van der Waals surface area contributed by atoms with Gasteiger partial charge in [0.1, 0.15) is 5.75 Å². The highest BCUT2D eigenvalue weighted by Gasteiger charge is 2.43. The van der Waals surface area contributed by atoms with Gasteiger partial charge in [-0.1, -0.05) is 48.2 Å². The van der Waals surface area contributed by atoms with Gasteiger partial charge in [-0.25, -0.2) is 0 Å². The number of hydrogen-bond donors (Lipinski definition) is 1. The molecule has 1 saturated heterocycles. The van der Waals surface area contributed by atoms with E-state index in [0.29, 0.717) is 24.5 Å². The highest BCUT2D eigenvalue weighted by atomic mass is 16.5. The maximum Gasteiger partial charge on any atom is 0.295 e. The first-order chi connectivity index (χ1) is 15.5. The van der Waals surface area contributed by atoms with Crippen molar-refractivity contribution in [1.82, 2.24) is 4.90 Å². The van der Waals surface area contributed by atoms with Gasteiger partial charge in [-0.15, -0.1) is 0 Å². The molecule has 32 heavy (non-hydrogen) atoms. The summed E-state index contributed by atoms with van der Waals surface area (Å²) in [6.45, 7) is 10.1. The van der Waals surface area contributed by atoms with Gasteiger partial charge < -0.3 is 19.6 Å². The van der Waals surface area contributed by atoms with Crippen LogP contribution in [0.5, 0.6) is 5.75 Å². The van der Waals surface area contributed by atoms with Gasteiger partial charge in [0.05, 0.1) is 32.3 Å². The molecule has 1 N–H and O–H groups in total. The molecule has 0 bridgehead atoms. The van der Waals surface area contributed by atoms with Crippen LogP contribution in [0.1, 0.15) is 44.4 Å². The van der Waals surface area contributed by atoms with Crippen LogP contribution in [0.3, 0.4) is 0 Å². The lowest BCUT2D eigenvalue weighted by Gasteiger charge is -2.28. The number of nitrogens with one attached hydrogen (secondary N) is 1. The average Bonchev–Trinajstić information content (AvgIpc) is 3.07. The number of hydrogen-bond acceptors (Lipinski definition) is 4. The number of ether oxygens (including phenoxy) is 1. The minimum absolute atomic E-state index is 0.0283. The SMILES string of the molecule is CCOc1ccc(C2C(=C([O-])c3ccccc3)C(=O)C(=O)N2CCC[NH+](CC)CC)cc1. The van der Waals surface area contributed by atoms with Crippen molar-refractivity contribution >= 4 is 17.4 Å². The zero-order valence-electron chi connectivity index (χ0n) is 19.1. The summed E-state index contributed by atoms with van der Waals surface area (Å²) in [5.74, 6) is -0.982. The smallest absolute Gasteiger partial charge is 0.295 e. The molecule has 0 radical (unpaired) electrons. The molecule has 1 aliphatic heterocycles. The van der Waals surface area contributed by atoms with E-state index < -0.39 is 17.7 Å². The lowest BCUT2D eigenvalue weighted by atomic mass is 9.95. The molecule has 6 heteroatoms. The number of carbonyl (C=O) groups excluding carboxylic acids is 2. The number of quaternary nitrogens is 1. The van der Waals surface area contributed by atoms with Crippen molar-refractivity contribution in [2.45, 2.75) is 33.2 Å². The van der Waals surface area contributed by atoms with Crippen molar-refractivity contribution in [2.75, 3.05) is 32.8 Å². The molecule has 0 aromatic heterocycles. The standard InChI is InChI=1S/C26H32N2O4/c1-4-27(5-2)17-10-18-28-23(19-13-15-21(16-14-19)32-6-3)22(25(30)26(28)31)24(29)20-11-8-7-9-12-20/h7-9,11-16,23,29H,4-6,10,17-18H2,1-3H3. The van der Waals surface area contributed by atoms with Crippen molar-refractivity contribution in [2.24, 2.45) is 0 Å². The van der Waals surface area contributed by atoms with Gasteiger partial charge in [-0.3, -0.25) is 9.59 Å². The Morgan fingerprint density at radius 3 is 2.25 bits per heavy atom. The average molecular weight is 437 g/mol. The van der Waals surface area contributed by atoms with Crippen molar-refractivity contribution in [3.63, 3.8) is 0 Å². The van der Waals surface area contributed by atoms with E-state index in [9.17, 15) is 14.7 Å². The van der Waals surface area contributed by atoms with E-state index >= 15 is 0 Å². The number of nitrogens with zero attached hydrogens (tertiary/aromatic N) is 1. The van der Waals surface area contributed by atoms with E-state index in [0.717, 1.165) is 31.6 Å². The summed E-state index contributed by atoms with van der Waals surface area (Å²) < 4.78 is 5.53. The van der Waals surface area contributed by atoms with Crippen LogP contribution in [0.25, 0.3) is 5.76 Å². The lowest BCUT2D eigenvalue weighted by molar-refractivity contribution is -0.896. The van der Waals surface area contributed by atoms with Crippen LogP contribution in [0, 0.1) is 0 Å². The third-order valence-corrected chi connectivity index (χ3v) is 6.00. The quantitative estimate of drug-likeness (QED) is 0.349. The molecule has 3 rings (SSSR count). The van der Waals surface area contributed by atoms with Crippen LogP contribution in [0.15, 0.2) is 60.2 Å². The Bertz CT molecular complexity index is 950. The largest absolute Gasteiger partial charge is 0.872 e. The van der Waals surface area contributed by atoms with E-state index in [1.807, 2.05) is 37.3 Å². The van der Waals surface area contributed by atoms with E-state index in [1.165, 1.54) is 4.90 Å². The zero-order valence-corrected chi connectivity index (χ0v) is 19.1. The second-order valence-corrected chi connectivity index (χ2v) is 7.90. The van der Waals surface area contributed by atoms with Gasteiger partial charge in [-0.05, 0) is 44.0 Å². The molecule has 1 unspecified atom stereocenters. The Morgan fingerprint density at radius 2 is 1.66 bits per heavy atom. The molecule has 6 nitrogen and oxygen atoms in total. The molecule has 1 heterocycles. The molecule has 170 valence electrons. The third-order valence-electron chi connectivity index (χ3n) is 6.00. The van der Waals surface area contributed by atoms with Crippen molar-refractivity contribution in [1.29, 1.82) is 0 Å². The third kappa shape index (κ3) is 5.02. The van der Waals surface area contributed by atoms with Crippen LogP contribution in [-0.4, -0.2) is 49.4 Å². The lowest BCUT2D eigenvalue weighted by Crippen LogP contribution is -3.11. The number of carbonyl (C=O) groups is 2. The minimum atomic E-state index is -0.701. The van der Waals surface area contributed by atoms with Crippen LogP contribution < -0.4 is 14.7 Å². The Labute approximate surface area is 190 Å². The van der Waals surface area contributed by atoms with Gasteiger partial charge in [0.25, 0.3) is 5.91 Å². The van der Waals surface area contributed by atoms with E-state index in [2.05, 4.69) is 13.8 Å². The summed E-state index contributed by atoms with van der Waals surface area (Å²) in [6, 6.07) is 15.3. The molecular weight excluding hydrogens is 404 g/mol. The van der Waals surface area contributed by atoms with Crippen molar-refractivity contribution < 1.29 is 24.3 Å². The predicted octanol–water partition coefficient (Wildman–Crippen LogP) is 1.62. The first kappa shape index (κ1) is 23.5. The van der Waals surface area contributed by atoms with Gasteiger partial charge in [0.15, 0.2) is 0 Å². The number of likely N-dealkylation sites (tertiary alicyclic amines) is 1. The normalized spacial score (nSPS) is 17.9. The topological polar surface area (TPSA) is 74.1 Å². The van der Waals surface area contributed by atoms with Crippen molar-refractivity contribution in [3.05, 3.63) is 71.3 Å². The second kappa shape index (κ2) is 11.0. The van der Waals surface area contributed by atoms with Crippen molar-refractivity contribution in [3.8, 4) is 5.75 Å². The maximum absolute atomic E-state index is 13.3. The zero-order chi connectivity index (χ0) is 23.1. The molecule has 0 aliphatic carbocycles. The molecule has 0 spiro atoms. The Balaban J connectivity index is 1.99. The van der Waals surface area contributed by atoms with Gasteiger partial charge in [0, 0.05) is 18.5 Å². The monoisotopic (exact) mass is 436 g/mol. The molecular formula is C26H32N2O4. The summed E-state index contributed by atoms with van der Waals surface area (Å²) in [6.07, 6.45) is 0.760. The second-order valence-electron chi connectivity index (χ2n) is 7.90. The number of ketones is 1. The molecule has 1 fully saturated rings. The first-order valence-corrected chi connectivity index (χ1v) is 11.4. The number of amides is 1. The van der Waals surface area contributed by atoms with Crippen LogP contribution in [0.4, 0.5) is 0 Å². The van der Waals surface area contributed by atoms with Crippen LogP contribution >= 0.6 is 0 Å². The van der Waals surface area contributed by atoms with Gasteiger partial charge >= 0.3 is 0 Å². The Hall–Kier alpha value is -3.12. The fourth-order valence-electron chi connectivity index (χ4n) is 4.21. The van der Waals surface area contributed by atoms with E-state index in [1.54, 1.807) is 29.2 Å². The fourth-order valence-corrected chi connectivity index (χ4v) is 4.21. The molecule has 1 aliphatic rings. The summed E-state index contributed by atoms with van der Waals surface area (Å²) >= 11 is 0. The summed E-state index contributed by atoms with van der Waals surface area (Å²) in [5, 5.41) is 13.3. The molecule has 2 aromatic rings. The number of benzene rings is 2. The molecule has 1 atom stereocenters. The Morgan fingerprint density at radius 1 is 1.00 bits per heavy atom. The van der Waals surface area contributed by atoms with E-state index in [4.69, 9.17) is 4.74 Å². The van der Waals surface area contributed by atoms with Crippen LogP contribution in [-0.2, 0) is 9.59 Å². The first-order valence-electron chi connectivity index (χ1n) is 11.4. The molecule has 0 saturated carbocycles. The number of rotatable bonds is 10. The highest BCUT2D eigenvalue weighted by Crippen LogP contribution is 2.39. The minimum Gasteiger partial charge on any atom is -0.872 e. The van der Waals surface area contributed by atoms with Crippen LogP contribution in [0.2, 0.25) is 0 Å². The predicted molar refractivity (Wildman–Crippen MR) is 122 cm³/mol. The highest BCUT2D eigenvalue weighted by molar-refractivity contribution is 6.46. The van der Waals surface area contributed by atoms with E-state index in [-0.39, 0.29) is 11.3 Å². The van der Waals surface area contributed by atoms with Gasteiger partial charge in [0.2, 0.25) is 5.78 Å². The number of Topliss-reactive ketones (excluding diaryl/α,β-unsaturated/α-hetero) is 1. The summed E-state index contributed by atoms with van der Waals surface area (Å²) in [7, 11) is 0. The molecule has 1 amide bonds. The maximum atomic E-state index is 13.3.